The minimum Gasteiger partial charge on any atom is -0.496 e. The lowest BCUT2D eigenvalue weighted by Gasteiger charge is -2.08. The van der Waals surface area contributed by atoms with Gasteiger partial charge in [0, 0.05) is 4.47 Å². The summed E-state index contributed by atoms with van der Waals surface area (Å²) in [6.45, 7) is 0.677. The molecule has 0 atom stereocenters. The van der Waals surface area contributed by atoms with E-state index >= 15 is 0 Å². The van der Waals surface area contributed by atoms with Crippen LogP contribution >= 0.6 is 15.9 Å². The van der Waals surface area contributed by atoms with Crippen LogP contribution in [0.15, 0.2) is 58.2 Å². The Hall–Kier alpha value is -2.21. The molecule has 0 saturated heterocycles. The summed E-state index contributed by atoms with van der Waals surface area (Å²) in [4.78, 5) is 5.17. The first-order chi connectivity index (χ1) is 10.7. The van der Waals surface area contributed by atoms with Gasteiger partial charge >= 0.3 is 0 Å². The van der Waals surface area contributed by atoms with Crippen LogP contribution in [0.4, 0.5) is 0 Å². The zero-order valence-electron chi connectivity index (χ0n) is 12.2. The van der Waals surface area contributed by atoms with Gasteiger partial charge < -0.3 is 20.0 Å². The standard InChI is InChI=1S/C16H17BrN2O3/c1-20-15-5-3-2-4-14(15)16(18)19-22-11-10-21-13-8-6-12(17)7-9-13/h2-9H,10-11H2,1H3,(H2,18,19). The maximum absolute atomic E-state index is 5.88. The first-order valence-corrected chi connectivity index (χ1v) is 7.47. The summed E-state index contributed by atoms with van der Waals surface area (Å²) < 4.78 is 11.7. The van der Waals surface area contributed by atoms with Crippen molar-refractivity contribution in [2.45, 2.75) is 0 Å². The third-order valence-electron chi connectivity index (χ3n) is 2.80. The third-order valence-corrected chi connectivity index (χ3v) is 3.33. The molecule has 2 rings (SSSR count). The van der Waals surface area contributed by atoms with Gasteiger partial charge in [-0.25, -0.2) is 0 Å². The van der Waals surface area contributed by atoms with E-state index < -0.39 is 0 Å². The number of para-hydroxylation sites is 1. The molecule has 2 N–H and O–H groups in total. The van der Waals surface area contributed by atoms with Crippen molar-refractivity contribution in [3.05, 3.63) is 58.6 Å². The van der Waals surface area contributed by atoms with E-state index in [-0.39, 0.29) is 5.84 Å². The highest BCUT2D eigenvalue weighted by molar-refractivity contribution is 9.10. The second kappa shape index (κ2) is 8.29. The lowest BCUT2D eigenvalue weighted by Crippen LogP contribution is -2.16. The van der Waals surface area contributed by atoms with Gasteiger partial charge in [-0.2, -0.15) is 0 Å². The fourth-order valence-corrected chi connectivity index (χ4v) is 2.01. The summed E-state index contributed by atoms with van der Waals surface area (Å²) in [7, 11) is 1.58. The summed E-state index contributed by atoms with van der Waals surface area (Å²) in [6.07, 6.45) is 0. The molecular formula is C16H17BrN2O3. The third kappa shape index (κ3) is 4.66. The van der Waals surface area contributed by atoms with Crippen LogP contribution in [0.2, 0.25) is 0 Å². The molecule has 0 aliphatic rings. The van der Waals surface area contributed by atoms with Crippen LogP contribution in [0.5, 0.6) is 11.5 Å². The van der Waals surface area contributed by atoms with Crippen molar-refractivity contribution in [3.63, 3.8) is 0 Å². The summed E-state index contributed by atoms with van der Waals surface area (Å²) in [5.41, 5.74) is 6.57. The number of halogens is 1. The van der Waals surface area contributed by atoms with Crippen LogP contribution in [0, 0.1) is 0 Å². The molecule has 116 valence electrons. The number of nitrogens with two attached hydrogens (primary N) is 1. The quantitative estimate of drug-likeness (QED) is 0.354. The van der Waals surface area contributed by atoms with Crippen LogP contribution in [-0.4, -0.2) is 26.2 Å². The second-order valence-corrected chi connectivity index (χ2v) is 5.23. The first kappa shape index (κ1) is 16.2. The number of benzene rings is 2. The maximum atomic E-state index is 5.88. The second-order valence-electron chi connectivity index (χ2n) is 4.31. The minimum absolute atomic E-state index is 0.265. The Labute approximate surface area is 137 Å². The summed E-state index contributed by atoms with van der Waals surface area (Å²) in [5.74, 6) is 1.69. The van der Waals surface area contributed by atoms with Crippen molar-refractivity contribution in [2.75, 3.05) is 20.3 Å². The van der Waals surface area contributed by atoms with Crippen LogP contribution in [0.3, 0.4) is 0 Å². The van der Waals surface area contributed by atoms with Gasteiger partial charge in [-0.05, 0) is 36.4 Å². The van der Waals surface area contributed by atoms with Crippen molar-refractivity contribution in [3.8, 4) is 11.5 Å². The number of ether oxygens (including phenoxy) is 2. The van der Waals surface area contributed by atoms with E-state index in [0.717, 1.165) is 10.2 Å². The highest BCUT2D eigenvalue weighted by Crippen LogP contribution is 2.17. The molecule has 6 heteroatoms. The Bertz CT molecular complexity index is 630. The maximum Gasteiger partial charge on any atom is 0.174 e. The molecule has 0 amide bonds. The Morgan fingerprint density at radius 2 is 1.82 bits per heavy atom. The molecule has 2 aromatic carbocycles. The van der Waals surface area contributed by atoms with Gasteiger partial charge in [0.2, 0.25) is 0 Å². The van der Waals surface area contributed by atoms with Crippen molar-refractivity contribution < 1.29 is 14.3 Å². The molecule has 2 aromatic rings. The van der Waals surface area contributed by atoms with Gasteiger partial charge in [-0.3, -0.25) is 0 Å². The predicted molar refractivity (Wildman–Crippen MR) is 89.3 cm³/mol. The summed E-state index contributed by atoms with van der Waals surface area (Å²) in [5, 5.41) is 3.88. The number of hydrogen-bond acceptors (Lipinski definition) is 4. The lowest BCUT2D eigenvalue weighted by molar-refractivity contribution is 0.107. The first-order valence-electron chi connectivity index (χ1n) is 6.68. The zero-order valence-corrected chi connectivity index (χ0v) is 13.7. The molecule has 0 spiro atoms. The van der Waals surface area contributed by atoms with Crippen molar-refractivity contribution in [1.29, 1.82) is 0 Å². The zero-order chi connectivity index (χ0) is 15.8. The SMILES string of the molecule is COc1ccccc1/C(N)=N/OCCOc1ccc(Br)cc1. The molecule has 0 radical (unpaired) electrons. The molecule has 0 bridgehead atoms. The number of nitrogens with zero attached hydrogens (tertiary/aromatic N) is 1. The van der Waals surface area contributed by atoms with Crippen molar-refractivity contribution in [2.24, 2.45) is 10.9 Å². The molecule has 0 aliphatic heterocycles. The van der Waals surface area contributed by atoms with E-state index in [2.05, 4.69) is 21.1 Å². The van der Waals surface area contributed by atoms with Gasteiger partial charge in [0.1, 0.15) is 18.1 Å². The Balaban J connectivity index is 1.80. The Kier molecular flexibility index (Phi) is 6.09. The smallest absolute Gasteiger partial charge is 0.174 e. The Morgan fingerprint density at radius 3 is 2.55 bits per heavy atom. The van der Waals surface area contributed by atoms with E-state index in [1.54, 1.807) is 7.11 Å². The van der Waals surface area contributed by atoms with Crippen LogP contribution in [-0.2, 0) is 4.84 Å². The highest BCUT2D eigenvalue weighted by atomic mass is 79.9. The van der Waals surface area contributed by atoms with Crippen LogP contribution in [0.25, 0.3) is 0 Å². The van der Waals surface area contributed by atoms with E-state index in [0.29, 0.717) is 24.5 Å². The van der Waals surface area contributed by atoms with Gasteiger partial charge in [0.05, 0.1) is 12.7 Å². The monoisotopic (exact) mass is 364 g/mol. The van der Waals surface area contributed by atoms with Gasteiger partial charge in [0.15, 0.2) is 12.4 Å². The summed E-state index contributed by atoms with van der Waals surface area (Å²) in [6, 6.07) is 14.9. The van der Waals surface area contributed by atoms with Gasteiger partial charge in [-0.15, -0.1) is 0 Å². The molecule has 0 saturated carbocycles. The number of rotatable bonds is 7. The largest absolute Gasteiger partial charge is 0.496 e. The highest BCUT2D eigenvalue weighted by Gasteiger charge is 2.06. The molecule has 0 aromatic heterocycles. The van der Waals surface area contributed by atoms with Crippen LogP contribution in [0.1, 0.15) is 5.56 Å². The molecule has 0 unspecified atom stereocenters. The van der Waals surface area contributed by atoms with E-state index in [9.17, 15) is 0 Å². The van der Waals surface area contributed by atoms with E-state index in [1.807, 2.05) is 48.5 Å². The van der Waals surface area contributed by atoms with E-state index in [1.165, 1.54) is 0 Å². The minimum atomic E-state index is 0.265. The molecule has 0 aliphatic carbocycles. The normalized spacial score (nSPS) is 11.1. The predicted octanol–water partition coefficient (Wildman–Crippen LogP) is 3.17. The van der Waals surface area contributed by atoms with Crippen LogP contribution < -0.4 is 15.2 Å². The number of hydrogen-bond donors (Lipinski definition) is 1. The molecule has 22 heavy (non-hydrogen) atoms. The molecule has 0 heterocycles. The molecular weight excluding hydrogens is 348 g/mol. The van der Waals surface area contributed by atoms with Crippen molar-refractivity contribution >= 4 is 21.8 Å². The summed E-state index contributed by atoms with van der Waals surface area (Å²) >= 11 is 3.37. The lowest BCUT2D eigenvalue weighted by atomic mass is 10.2. The fraction of sp³-hybridized carbons (Fsp3) is 0.188. The number of methoxy groups -OCH3 is 1. The number of oxime groups is 1. The average Bonchev–Trinajstić information content (AvgIpc) is 2.56. The van der Waals surface area contributed by atoms with E-state index in [4.69, 9.17) is 20.0 Å². The topological polar surface area (TPSA) is 66.1 Å². The molecule has 0 fully saturated rings. The number of amidine groups is 1. The van der Waals surface area contributed by atoms with Gasteiger partial charge in [0.25, 0.3) is 0 Å². The molecule has 5 nitrogen and oxygen atoms in total. The van der Waals surface area contributed by atoms with Crippen molar-refractivity contribution in [1.82, 2.24) is 0 Å². The fourth-order valence-electron chi connectivity index (χ4n) is 1.75. The van der Waals surface area contributed by atoms with Gasteiger partial charge in [-0.1, -0.05) is 33.2 Å². The average molecular weight is 365 g/mol. The Morgan fingerprint density at radius 1 is 1.09 bits per heavy atom.